The highest BCUT2D eigenvalue weighted by molar-refractivity contribution is 5.59. The van der Waals surface area contributed by atoms with Crippen molar-refractivity contribution < 1.29 is 9.84 Å². The first kappa shape index (κ1) is 15.1. The third kappa shape index (κ3) is 4.11. The molecule has 3 aromatic rings. The van der Waals surface area contributed by atoms with E-state index in [1.807, 2.05) is 60.7 Å². The predicted octanol–water partition coefficient (Wildman–Crippen LogP) is 3.06. The quantitative estimate of drug-likeness (QED) is 0.627. The number of hydrogen-bond donors (Lipinski definition) is 3. The van der Waals surface area contributed by atoms with Gasteiger partial charge >= 0.3 is 0 Å². The number of aromatic nitrogens is 2. The number of hydrogen-bond acceptors (Lipinski definition) is 4. The lowest BCUT2D eigenvalue weighted by molar-refractivity contribution is 0.201. The maximum absolute atomic E-state index is 8.73. The van der Waals surface area contributed by atoms with Crippen LogP contribution >= 0.6 is 0 Å². The van der Waals surface area contributed by atoms with E-state index in [2.05, 4.69) is 15.5 Å². The Morgan fingerprint density at radius 3 is 2.57 bits per heavy atom. The zero-order valence-electron chi connectivity index (χ0n) is 12.7. The number of nitrogens with zero attached hydrogens (tertiary/aromatic N) is 1. The zero-order chi connectivity index (χ0) is 15.9. The number of nitrogens with one attached hydrogen (secondary N) is 2. The molecule has 0 aliphatic heterocycles. The standard InChI is InChI=1S/C18H19N3O2/c22-10-11-23-17-8-6-15(7-9-17)19-13-16-12-18(21-20-16)14-4-2-1-3-5-14/h1-9,12,19,22H,10-11,13H2,(H,20,21). The van der Waals surface area contributed by atoms with Gasteiger partial charge in [-0.25, -0.2) is 0 Å². The van der Waals surface area contributed by atoms with E-state index in [1.54, 1.807) is 0 Å². The number of ether oxygens (including phenoxy) is 1. The van der Waals surface area contributed by atoms with Gasteiger partial charge < -0.3 is 15.2 Å². The highest BCUT2D eigenvalue weighted by Crippen LogP contribution is 2.19. The molecule has 5 nitrogen and oxygen atoms in total. The molecule has 0 amide bonds. The summed E-state index contributed by atoms with van der Waals surface area (Å²) in [5, 5.41) is 19.4. The van der Waals surface area contributed by atoms with E-state index in [1.165, 1.54) is 0 Å². The molecule has 3 rings (SSSR count). The molecular formula is C18H19N3O2. The molecule has 0 radical (unpaired) electrons. The average molecular weight is 309 g/mol. The predicted molar refractivity (Wildman–Crippen MR) is 90.4 cm³/mol. The monoisotopic (exact) mass is 309 g/mol. The normalized spacial score (nSPS) is 10.5. The summed E-state index contributed by atoms with van der Waals surface area (Å²) in [7, 11) is 0. The summed E-state index contributed by atoms with van der Waals surface area (Å²) in [6.07, 6.45) is 0. The molecule has 0 unspecified atom stereocenters. The topological polar surface area (TPSA) is 70.2 Å². The highest BCUT2D eigenvalue weighted by Gasteiger charge is 2.03. The first-order valence-electron chi connectivity index (χ1n) is 7.52. The van der Waals surface area contributed by atoms with E-state index in [4.69, 9.17) is 9.84 Å². The van der Waals surface area contributed by atoms with Crippen LogP contribution in [0.1, 0.15) is 5.69 Å². The van der Waals surface area contributed by atoms with Gasteiger partial charge in [-0.3, -0.25) is 5.10 Å². The van der Waals surface area contributed by atoms with Crippen molar-refractivity contribution in [2.45, 2.75) is 6.54 Å². The van der Waals surface area contributed by atoms with Gasteiger partial charge in [0.15, 0.2) is 0 Å². The van der Waals surface area contributed by atoms with Crippen molar-refractivity contribution in [2.24, 2.45) is 0 Å². The Morgan fingerprint density at radius 1 is 1.04 bits per heavy atom. The smallest absolute Gasteiger partial charge is 0.119 e. The summed E-state index contributed by atoms with van der Waals surface area (Å²) in [5.74, 6) is 0.748. The highest BCUT2D eigenvalue weighted by atomic mass is 16.5. The van der Waals surface area contributed by atoms with E-state index < -0.39 is 0 Å². The van der Waals surface area contributed by atoms with Gasteiger partial charge in [-0.05, 0) is 30.3 Å². The SMILES string of the molecule is OCCOc1ccc(NCc2cc(-c3ccccc3)n[nH]2)cc1. The third-order valence-corrected chi connectivity index (χ3v) is 3.40. The molecule has 0 spiro atoms. The van der Waals surface area contributed by atoms with Crippen molar-refractivity contribution in [3.63, 3.8) is 0 Å². The second kappa shape index (κ2) is 7.47. The van der Waals surface area contributed by atoms with Crippen LogP contribution < -0.4 is 10.1 Å². The van der Waals surface area contributed by atoms with Crippen LogP contribution in [0.25, 0.3) is 11.3 Å². The van der Waals surface area contributed by atoms with Crippen LogP contribution in [0.4, 0.5) is 5.69 Å². The maximum atomic E-state index is 8.73. The van der Waals surface area contributed by atoms with Gasteiger partial charge in [-0.1, -0.05) is 30.3 Å². The van der Waals surface area contributed by atoms with Gasteiger partial charge in [0.25, 0.3) is 0 Å². The van der Waals surface area contributed by atoms with Gasteiger partial charge in [0.1, 0.15) is 12.4 Å². The molecule has 3 N–H and O–H groups in total. The molecule has 1 aromatic heterocycles. The molecule has 118 valence electrons. The fraction of sp³-hybridized carbons (Fsp3) is 0.167. The first-order chi connectivity index (χ1) is 11.3. The number of aliphatic hydroxyl groups is 1. The van der Waals surface area contributed by atoms with Crippen LogP contribution in [0.2, 0.25) is 0 Å². The maximum Gasteiger partial charge on any atom is 0.119 e. The Morgan fingerprint density at radius 2 is 1.83 bits per heavy atom. The Bertz CT molecular complexity index is 724. The molecule has 1 heterocycles. The van der Waals surface area contributed by atoms with Crippen molar-refractivity contribution in [3.8, 4) is 17.0 Å². The number of aliphatic hydroxyl groups excluding tert-OH is 1. The Hall–Kier alpha value is -2.79. The second-order valence-electron chi connectivity index (χ2n) is 5.09. The lowest BCUT2D eigenvalue weighted by Gasteiger charge is -2.07. The summed E-state index contributed by atoms with van der Waals surface area (Å²) >= 11 is 0. The van der Waals surface area contributed by atoms with Gasteiger partial charge in [0.2, 0.25) is 0 Å². The first-order valence-corrected chi connectivity index (χ1v) is 7.52. The molecule has 0 saturated carbocycles. The molecule has 0 fully saturated rings. The van der Waals surface area contributed by atoms with Crippen LogP contribution in [0, 0.1) is 0 Å². The summed E-state index contributed by atoms with van der Waals surface area (Å²) in [6, 6.07) is 19.8. The van der Waals surface area contributed by atoms with E-state index >= 15 is 0 Å². The van der Waals surface area contributed by atoms with E-state index in [9.17, 15) is 0 Å². The van der Waals surface area contributed by atoms with Gasteiger partial charge in [0.05, 0.1) is 24.5 Å². The summed E-state index contributed by atoms with van der Waals surface area (Å²) in [5.41, 5.74) is 4.05. The van der Waals surface area contributed by atoms with Gasteiger partial charge in [-0.15, -0.1) is 0 Å². The van der Waals surface area contributed by atoms with Gasteiger partial charge in [0, 0.05) is 11.3 Å². The largest absolute Gasteiger partial charge is 0.491 e. The molecule has 0 aliphatic rings. The minimum Gasteiger partial charge on any atom is -0.491 e. The molecule has 5 heteroatoms. The van der Waals surface area contributed by atoms with E-state index in [-0.39, 0.29) is 6.61 Å². The van der Waals surface area contributed by atoms with Gasteiger partial charge in [-0.2, -0.15) is 5.10 Å². The zero-order valence-corrected chi connectivity index (χ0v) is 12.7. The fourth-order valence-electron chi connectivity index (χ4n) is 2.24. The van der Waals surface area contributed by atoms with Crippen LogP contribution in [-0.4, -0.2) is 28.5 Å². The molecule has 0 atom stereocenters. The van der Waals surface area contributed by atoms with Crippen molar-refractivity contribution in [1.82, 2.24) is 10.2 Å². The minimum absolute atomic E-state index is 0.0174. The van der Waals surface area contributed by atoms with Crippen molar-refractivity contribution in [2.75, 3.05) is 18.5 Å². The van der Waals surface area contributed by atoms with Crippen LogP contribution in [-0.2, 0) is 6.54 Å². The van der Waals surface area contributed by atoms with Crippen molar-refractivity contribution >= 4 is 5.69 Å². The number of anilines is 1. The summed E-state index contributed by atoms with van der Waals surface area (Å²) in [6.45, 7) is 0.990. The lowest BCUT2D eigenvalue weighted by atomic mass is 10.1. The average Bonchev–Trinajstić information content (AvgIpc) is 3.09. The Balaban J connectivity index is 1.57. The number of rotatable bonds is 7. The second-order valence-corrected chi connectivity index (χ2v) is 5.09. The number of aromatic amines is 1. The molecule has 0 bridgehead atoms. The molecule has 0 saturated heterocycles. The molecular weight excluding hydrogens is 290 g/mol. The lowest BCUT2D eigenvalue weighted by Crippen LogP contribution is -2.02. The van der Waals surface area contributed by atoms with Crippen LogP contribution in [0.3, 0.4) is 0 Å². The number of benzene rings is 2. The number of H-pyrrole nitrogens is 1. The minimum atomic E-state index is 0.0174. The van der Waals surface area contributed by atoms with Crippen molar-refractivity contribution in [3.05, 3.63) is 66.4 Å². The van der Waals surface area contributed by atoms with E-state index in [0.717, 1.165) is 28.4 Å². The molecule has 2 aromatic carbocycles. The summed E-state index contributed by atoms with van der Waals surface area (Å²) in [4.78, 5) is 0. The van der Waals surface area contributed by atoms with Crippen LogP contribution in [0.15, 0.2) is 60.7 Å². The van der Waals surface area contributed by atoms with E-state index in [0.29, 0.717) is 13.2 Å². The Labute approximate surface area is 134 Å². The van der Waals surface area contributed by atoms with Crippen LogP contribution in [0.5, 0.6) is 5.75 Å². The molecule has 23 heavy (non-hydrogen) atoms. The molecule has 0 aliphatic carbocycles. The Kier molecular flexibility index (Phi) is 4.91. The summed E-state index contributed by atoms with van der Waals surface area (Å²) < 4.78 is 5.33. The third-order valence-electron chi connectivity index (χ3n) is 3.40. The fourth-order valence-corrected chi connectivity index (χ4v) is 2.24. The van der Waals surface area contributed by atoms with Crippen molar-refractivity contribution in [1.29, 1.82) is 0 Å².